The molecule has 0 aliphatic rings. The summed E-state index contributed by atoms with van der Waals surface area (Å²) in [5.41, 5.74) is 6.71. The first-order valence-corrected chi connectivity index (χ1v) is 5.62. The predicted molar refractivity (Wildman–Crippen MR) is 70.3 cm³/mol. The molecule has 1 aromatic heterocycles. The van der Waals surface area contributed by atoms with E-state index >= 15 is 0 Å². The topological polar surface area (TPSA) is 77.3 Å². The molecule has 0 fully saturated rings. The van der Waals surface area contributed by atoms with E-state index in [4.69, 9.17) is 15.2 Å². The third kappa shape index (κ3) is 1.93. The van der Waals surface area contributed by atoms with Crippen LogP contribution in [-0.4, -0.2) is 19.2 Å². The lowest BCUT2D eigenvalue weighted by atomic mass is 10.1. The number of nitrogens with two attached hydrogens (primary N) is 1. The molecule has 2 rings (SSSR count). The van der Waals surface area contributed by atoms with Gasteiger partial charge in [-0.25, -0.2) is 0 Å². The van der Waals surface area contributed by atoms with Gasteiger partial charge >= 0.3 is 0 Å². The molecule has 1 heterocycles. The minimum absolute atomic E-state index is 0.205. The average molecular weight is 248 g/mol. The molecule has 1 unspecified atom stereocenters. The average Bonchev–Trinajstić information content (AvgIpc) is 2.36. The zero-order valence-electron chi connectivity index (χ0n) is 10.6. The molecule has 5 nitrogen and oxygen atoms in total. The maximum absolute atomic E-state index is 11.9. The van der Waals surface area contributed by atoms with E-state index in [1.165, 1.54) is 0 Å². The molecular weight excluding hydrogens is 232 g/mol. The highest BCUT2D eigenvalue weighted by molar-refractivity contribution is 5.90. The van der Waals surface area contributed by atoms with Gasteiger partial charge in [0.1, 0.15) is 11.5 Å². The van der Waals surface area contributed by atoms with Gasteiger partial charge in [0, 0.05) is 17.0 Å². The highest BCUT2D eigenvalue weighted by Crippen LogP contribution is 2.31. The standard InChI is InChI=1S/C13H16N2O3/c1-7(14)8-6-9-10(17-2)4-5-11(18-3)12(9)15-13(8)16/h4-7H,14H2,1-3H3,(H,15,16). The summed E-state index contributed by atoms with van der Waals surface area (Å²) in [6, 6.07) is 4.96. The summed E-state index contributed by atoms with van der Waals surface area (Å²) in [6.07, 6.45) is 0. The van der Waals surface area contributed by atoms with Crippen LogP contribution in [0, 0.1) is 0 Å². The molecule has 0 saturated heterocycles. The van der Waals surface area contributed by atoms with E-state index in [0.717, 1.165) is 5.39 Å². The molecule has 3 N–H and O–H groups in total. The summed E-state index contributed by atoms with van der Waals surface area (Å²) < 4.78 is 10.5. The molecule has 0 bridgehead atoms. The number of aromatic nitrogens is 1. The van der Waals surface area contributed by atoms with E-state index in [-0.39, 0.29) is 11.6 Å². The summed E-state index contributed by atoms with van der Waals surface area (Å²) in [6.45, 7) is 1.77. The Hall–Kier alpha value is -2.01. The number of benzene rings is 1. The quantitative estimate of drug-likeness (QED) is 0.864. The van der Waals surface area contributed by atoms with Crippen LogP contribution in [0.3, 0.4) is 0 Å². The molecule has 1 aromatic carbocycles. The van der Waals surface area contributed by atoms with Crippen molar-refractivity contribution in [1.29, 1.82) is 0 Å². The number of nitrogens with one attached hydrogen (secondary N) is 1. The van der Waals surface area contributed by atoms with Crippen molar-refractivity contribution in [3.05, 3.63) is 34.1 Å². The van der Waals surface area contributed by atoms with Crippen LogP contribution in [0.2, 0.25) is 0 Å². The second kappa shape index (κ2) is 4.70. The van der Waals surface area contributed by atoms with Crippen molar-refractivity contribution in [1.82, 2.24) is 4.98 Å². The zero-order valence-corrected chi connectivity index (χ0v) is 10.6. The number of H-pyrrole nitrogens is 1. The van der Waals surface area contributed by atoms with Crippen molar-refractivity contribution in [3.8, 4) is 11.5 Å². The molecular formula is C13H16N2O3. The van der Waals surface area contributed by atoms with Crippen LogP contribution < -0.4 is 20.8 Å². The molecule has 0 spiro atoms. The summed E-state index contributed by atoms with van der Waals surface area (Å²) in [5.74, 6) is 1.27. The van der Waals surface area contributed by atoms with Crippen LogP contribution in [0.1, 0.15) is 18.5 Å². The predicted octanol–water partition coefficient (Wildman–Crippen LogP) is 1.56. The largest absolute Gasteiger partial charge is 0.496 e. The number of methoxy groups -OCH3 is 2. The Morgan fingerprint density at radius 3 is 2.39 bits per heavy atom. The molecule has 18 heavy (non-hydrogen) atoms. The van der Waals surface area contributed by atoms with E-state index in [0.29, 0.717) is 22.6 Å². The molecule has 0 aliphatic carbocycles. The molecule has 96 valence electrons. The summed E-state index contributed by atoms with van der Waals surface area (Å²) >= 11 is 0. The van der Waals surface area contributed by atoms with Crippen molar-refractivity contribution in [2.24, 2.45) is 5.73 Å². The first-order valence-electron chi connectivity index (χ1n) is 5.62. The van der Waals surface area contributed by atoms with Gasteiger partial charge < -0.3 is 20.2 Å². The molecule has 0 saturated carbocycles. The third-order valence-electron chi connectivity index (χ3n) is 2.90. The van der Waals surface area contributed by atoms with Gasteiger partial charge in [-0.2, -0.15) is 0 Å². The number of hydrogen-bond acceptors (Lipinski definition) is 4. The number of aromatic amines is 1. The van der Waals surface area contributed by atoms with Crippen LogP contribution in [0.15, 0.2) is 23.0 Å². The molecule has 0 aliphatic heterocycles. The normalized spacial score (nSPS) is 12.4. The van der Waals surface area contributed by atoms with E-state index < -0.39 is 0 Å². The lowest BCUT2D eigenvalue weighted by Crippen LogP contribution is -2.19. The Balaban J connectivity index is 2.86. The van der Waals surface area contributed by atoms with Crippen molar-refractivity contribution in [3.63, 3.8) is 0 Å². The van der Waals surface area contributed by atoms with E-state index in [9.17, 15) is 4.79 Å². The Morgan fingerprint density at radius 1 is 1.22 bits per heavy atom. The van der Waals surface area contributed by atoms with Gasteiger partial charge in [-0.05, 0) is 25.1 Å². The summed E-state index contributed by atoms with van der Waals surface area (Å²) in [7, 11) is 3.14. The molecule has 0 amide bonds. The number of rotatable bonds is 3. The lowest BCUT2D eigenvalue weighted by Gasteiger charge is -2.12. The second-order valence-electron chi connectivity index (χ2n) is 4.10. The second-order valence-corrected chi connectivity index (χ2v) is 4.10. The van der Waals surface area contributed by atoms with Crippen LogP contribution in [0.5, 0.6) is 11.5 Å². The van der Waals surface area contributed by atoms with Crippen molar-refractivity contribution in [2.45, 2.75) is 13.0 Å². The summed E-state index contributed by atoms with van der Waals surface area (Å²) in [5, 5.41) is 0.781. The van der Waals surface area contributed by atoms with Crippen molar-refractivity contribution >= 4 is 10.9 Å². The molecule has 2 aromatic rings. The molecule has 1 atom stereocenters. The first-order chi connectivity index (χ1) is 8.58. The number of hydrogen-bond donors (Lipinski definition) is 2. The minimum Gasteiger partial charge on any atom is -0.496 e. The van der Waals surface area contributed by atoms with Gasteiger partial charge in [-0.15, -0.1) is 0 Å². The van der Waals surface area contributed by atoms with Gasteiger partial charge in [0.25, 0.3) is 5.56 Å². The van der Waals surface area contributed by atoms with E-state index in [1.54, 1.807) is 39.3 Å². The highest BCUT2D eigenvalue weighted by Gasteiger charge is 2.13. The van der Waals surface area contributed by atoms with Crippen LogP contribution in [-0.2, 0) is 0 Å². The fraction of sp³-hybridized carbons (Fsp3) is 0.308. The van der Waals surface area contributed by atoms with Gasteiger partial charge in [0.05, 0.1) is 19.7 Å². The van der Waals surface area contributed by atoms with E-state index in [2.05, 4.69) is 4.98 Å². The lowest BCUT2D eigenvalue weighted by molar-refractivity contribution is 0.409. The Labute approximate surface area is 105 Å². The Kier molecular flexibility index (Phi) is 3.25. The third-order valence-corrected chi connectivity index (χ3v) is 2.90. The zero-order chi connectivity index (χ0) is 13.3. The molecule has 0 radical (unpaired) electrons. The van der Waals surface area contributed by atoms with Crippen molar-refractivity contribution < 1.29 is 9.47 Å². The SMILES string of the molecule is COc1ccc(OC)c2[nH]c(=O)c(C(C)N)cc12. The van der Waals surface area contributed by atoms with Crippen molar-refractivity contribution in [2.75, 3.05) is 14.2 Å². The Bertz CT molecular complexity index is 632. The number of fused-ring (bicyclic) bond motifs is 1. The highest BCUT2D eigenvalue weighted by atomic mass is 16.5. The van der Waals surface area contributed by atoms with Crippen LogP contribution >= 0.6 is 0 Å². The maximum atomic E-state index is 11.9. The fourth-order valence-electron chi connectivity index (χ4n) is 1.95. The number of pyridine rings is 1. The van der Waals surface area contributed by atoms with Gasteiger partial charge in [-0.1, -0.05) is 0 Å². The maximum Gasteiger partial charge on any atom is 0.253 e. The monoisotopic (exact) mass is 248 g/mol. The van der Waals surface area contributed by atoms with Gasteiger partial charge in [0.2, 0.25) is 0 Å². The Morgan fingerprint density at radius 2 is 1.83 bits per heavy atom. The van der Waals surface area contributed by atoms with Gasteiger partial charge in [-0.3, -0.25) is 4.79 Å². The smallest absolute Gasteiger partial charge is 0.253 e. The van der Waals surface area contributed by atoms with Crippen LogP contribution in [0.25, 0.3) is 10.9 Å². The first kappa shape index (κ1) is 12.4. The van der Waals surface area contributed by atoms with Crippen LogP contribution in [0.4, 0.5) is 0 Å². The van der Waals surface area contributed by atoms with E-state index in [1.807, 2.05) is 0 Å². The summed E-state index contributed by atoms with van der Waals surface area (Å²) in [4.78, 5) is 14.7. The van der Waals surface area contributed by atoms with Gasteiger partial charge in [0.15, 0.2) is 0 Å². The minimum atomic E-state index is -0.339. The fourth-order valence-corrected chi connectivity index (χ4v) is 1.95. The number of ether oxygens (including phenoxy) is 2. The molecule has 5 heteroatoms.